The molecule has 0 saturated carbocycles. The predicted octanol–water partition coefficient (Wildman–Crippen LogP) is 2.17. The molecule has 7 nitrogen and oxygen atoms in total. The van der Waals surface area contributed by atoms with E-state index in [1.165, 1.54) is 12.2 Å². The standard InChI is InChI=1S/C21H22N2O5/c1-14(22-2)21(23-3,12-15-5-8-17(27-4)9-6-15)18-11-16(25)7-10-19(18)28-20(26)13-24/h5-10,16,18-19,24-25H,1,11-13H2,4H3. The molecule has 0 fully saturated rings. The van der Waals surface area contributed by atoms with Crippen LogP contribution >= 0.6 is 0 Å². The molecule has 0 aliphatic heterocycles. The minimum Gasteiger partial charge on any atom is -0.497 e. The van der Waals surface area contributed by atoms with Crippen LogP contribution in [0, 0.1) is 19.1 Å². The molecule has 0 heterocycles. The van der Waals surface area contributed by atoms with E-state index < -0.39 is 36.2 Å². The van der Waals surface area contributed by atoms with Gasteiger partial charge in [0, 0.05) is 6.42 Å². The van der Waals surface area contributed by atoms with Gasteiger partial charge in [-0.15, -0.1) is 0 Å². The van der Waals surface area contributed by atoms with Crippen molar-refractivity contribution in [1.29, 1.82) is 0 Å². The van der Waals surface area contributed by atoms with Crippen molar-refractivity contribution < 1.29 is 24.5 Å². The first-order valence-electron chi connectivity index (χ1n) is 8.65. The Balaban J connectivity index is 2.48. The normalized spacial score (nSPS) is 23.0. The largest absolute Gasteiger partial charge is 0.497 e. The summed E-state index contributed by atoms with van der Waals surface area (Å²) >= 11 is 0. The van der Waals surface area contributed by atoms with Gasteiger partial charge >= 0.3 is 5.97 Å². The summed E-state index contributed by atoms with van der Waals surface area (Å²) in [7, 11) is 1.55. The number of hydrogen-bond acceptors (Lipinski definition) is 5. The van der Waals surface area contributed by atoms with Crippen LogP contribution in [0.2, 0.25) is 0 Å². The summed E-state index contributed by atoms with van der Waals surface area (Å²) in [6.07, 6.45) is 1.54. The third-order valence-electron chi connectivity index (χ3n) is 4.89. The quantitative estimate of drug-likeness (QED) is 0.429. The van der Waals surface area contributed by atoms with Crippen molar-refractivity contribution in [2.45, 2.75) is 30.6 Å². The van der Waals surface area contributed by atoms with Gasteiger partial charge in [0.1, 0.15) is 18.5 Å². The van der Waals surface area contributed by atoms with Crippen LogP contribution < -0.4 is 4.74 Å². The van der Waals surface area contributed by atoms with Crippen molar-refractivity contribution in [3.05, 3.63) is 77.1 Å². The maximum Gasteiger partial charge on any atom is 0.332 e. The Morgan fingerprint density at radius 3 is 2.54 bits per heavy atom. The summed E-state index contributed by atoms with van der Waals surface area (Å²) in [5.74, 6) is -0.885. The first-order chi connectivity index (χ1) is 13.4. The number of hydrogen-bond donors (Lipinski definition) is 2. The molecule has 28 heavy (non-hydrogen) atoms. The fourth-order valence-electron chi connectivity index (χ4n) is 3.41. The van der Waals surface area contributed by atoms with E-state index >= 15 is 0 Å². The molecule has 1 aromatic rings. The van der Waals surface area contributed by atoms with E-state index in [1.54, 1.807) is 31.4 Å². The predicted molar refractivity (Wildman–Crippen MR) is 102 cm³/mol. The van der Waals surface area contributed by atoms with Crippen molar-refractivity contribution in [3.63, 3.8) is 0 Å². The molecule has 4 unspecified atom stereocenters. The van der Waals surface area contributed by atoms with E-state index in [1.807, 2.05) is 0 Å². The number of carbonyl (C=O) groups excluding carboxylic acids is 1. The summed E-state index contributed by atoms with van der Waals surface area (Å²) in [4.78, 5) is 18.8. The van der Waals surface area contributed by atoms with Gasteiger partial charge in [-0.1, -0.05) is 24.8 Å². The first kappa shape index (κ1) is 21.2. The monoisotopic (exact) mass is 382 g/mol. The second-order valence-corrected chi connectivity index (χ2v) is 6.53. The number of methoxy groups -OCH3 is 1. The molecule has 2 N–H and O–H groups in total. The van der Waals surface area contributed by atoms with E-state index in [0.29, 0.717) is 5.75 Å². The van der Waals surface area contributed by atoms with Crippen LogP contribution in [0.15, 0.2) is 48.7 Å². The second-order valence-electron chi connectivity index (χ2n) is 6.53. The van der Waals surface area contributed by atoms with Crippen molar-refractivity contribution in [1.82, 2.24) is 0 Å². The lowest BCUT2D eigenvalue weighted by molar-refractivity contribution is -0.154. The number of ether oxygens (including phenoxy) is 2. The van der Waals surface area contributed by atoms with Crippen molar-refractivity contribution in [2.75, 3.05) is 13.7 Å². The number of carbonyl (C=O) groups is 1. The Bertz CT molecular complexity index is 834. The van der Waals surface area contributed by atoms with Crippen LogP contribution in [0.5, 0.6) is 5.75 Å². The minimum absolute atomic E-state index is 0.0101. The minimum atomic E-state index is -1.41. The summed E-state index contributed by atoms with van der Waals surface area (Å²) in [5, 5.41) is 19.2. The van der Waals surface area contributed by atoms with E-state index in [4.69, 9.17) is 27.7 Å². The number of benzene rings is 1. The van der Waals surface area contributed by atoms with Gasteiger partial charge in [0.2, 0.25) is 5.70 Å². The zero-order valence-electron chi connectivity index (χ0n) is 15.5. The topological polar surface area (TPSA) is 84.7 Å². The van der Waals surface area contributed by atoms with Gasteiger partial charge in [-0.05, 0) is 30.2 Å². The molecule has 1 aliphatic carbocycles. The molecule has 146 valence electrons. The third kappa shape index (κ3) is 4.40. The van der Waals surface area contributed by atoms with Crippen LogP contribution in [-0.4, -0.2) is 47.6 Å². The Labute approximate surface area is 164 Å². The van der Waals surface area contributed by atoms with E-state index in [0.717, 1.165) is 5.56 Å². The van der Waals surface area contributed by atoms with Crippen LogP contribution in [0.1, 0.15) is 12.0 Å². The van der Waals surface area contributed by atoms with E-state index in [-0.39, 0.29) is 18.5 Å². The fourth-order valence-corrected chi connectivity index (χ4v) is 3.41. The van der Waals surface area contributed by atoms with E-state index in [2.05, 4.69) is 16.3 Å². The number of esters is 1. The molecule has 0 saturated heterocycles. The number of aliphatic hydroxyl groups excluding tert-OH is 2. The summed E-state index contributed by atoms with van der Waals surface area (Å²) in [6.45, 7) is 18.3. The van der Waals surface area contributed by atoms with Crippen molar-refractivity contribution in [2.24, 2.45) is 5.92 Å². The molecule has 1 aromatic carbocycles. The molecule has 0 bridgehead atoms. The molecule has 0 spiro atoms. The van der Waals surface area contributed by atoms with Crippen LogP contribution in [-0.2, 0) is 16.0 Å². The van der Waals surface area contributed by atoms with Gasteiger partial charge in [0.25, 0.3) is 5.54 Å². The highest BCUT2D eigenvalue weighted by Crippen LogP contribution is 2.42. The molecule has 0 aromatic heterocycles. The lowest BCUT2D eigenvalue weighted by Crippen LogP contribution is -2.48. The smallest absolute Gasteiger partial charge is 0.332 e. The molecule has 0 amide bonds. The average molecular weight is 382 g/mol. The van der Waals surface area contributed by atoms with Crippen LogP contribution in [0.25, 0.3) is 9.69 Å². The Kier molecular flexibility index (Phi) is 6.94. The summed E-state index contributed by atoms with van der Waals surface area (Å²) < 4.78 is 10.4. The van der Waals surface area contributed by atoms with Gasteiger partial charge in [-0.25, -0.2) is 16.2 Å². The Hall–Kier alpha value is -3.13. The Morgan fingerprint density at radius 2 is 2.00 bits per heavy atom. The summed E-state index contributed by atoms with van der Waals surface area (Å²) in [6, 6.07) is 7.09. The molecule has 7 heteroatoms. The molecular formula is C21H22N2O5. The molecular weight excluding hydrogens is 360 g/mol. The highest BCUT2D eigenvalue weighted by Gasteiger charge is 2.54. The highest BCUT2D eigenvalue weighted by molar-refractivity contribution is 5.70. The Morgan fingerprint density at radius 1 is 1.32 bits per heavy atom. The van der Waals surface area contributed by atoms with Crippen molar-refractivity contribution in [3.8, 4) is 5.75 Å². The number of nitrogens with zero attached hydrogens (tertiary/aromatic N) is 2. The van der Waals surface area contributed by atoms with Crippen LogP contribution in [0.3, 0.4) is 0 Å². The zero-order chi connectivity index (χ0) is 20.7. The zero-order valence-corrected chi connectivity index (χ0v) is 15.5. The first-order valence-corrected chi connectivity index (χ1v) is 8.65. The van der Waals surface area contributed by atoms with Crippen LogP contribution in [0.4, 0.5) is 0 Å². The highest BCUT2D eigenvalue weighted by atomic mass is 16.6. The van der Waals surface area contributed by atoms with Gasteiger partial charge in [-0.3, -0.25) is 0 Å². The number of rotatable bonds is 7. The lowest BCUT2D eigenvalue weighted by Gasteiger charge is -2.36. The average Bonchev–Trinajstić information content (AvgIpc) is 2.73. The number of aliphatic hydroxyl groups is 2. The SMILES string of the molecule is [C-]#[N+]C(=C)C(Cc1ccc(OC)cc1)([N+]#[C-])C1CC(O)C=CC1OC(=O)CO. The fraction of sp³-hybridized carbons (Fsp3) is 0.381. The maximum absolute atomic E-state index is 11.6. The van der Waals surface area contributed by atoms with Gasteiger partial charge < -0.3 is 24.5 Å². The van der Waals surface area contributed by atoms with Gasteiger partial charge in [0.05, 0.1) is 25.7 Å². The molecule has 2 rings (SSSR count). The second kappa shape index (κ2) is 9.18. The summed E-state index contributed by atoms with van der Waals surface area (Å²) in [5.41, 5.74) is -0.628. The third-order valence-corrected chi connectivity index (χ3v) is 4.89. The van der Waals surface area contributed by atoms with Crippen molar-refractivity contribution >= 4 is 5.97 Å². The maximum atomic E-state index is 11.6. The lowest BCUT2D eigenvalue weighted by atomic mass is 9.70. The van der Waals surface area contributed by atoms with E-state index in [9.17, 15) is 9.90 Å². The molecule has 1 aliphatic rings. The molecule has 0 radical (unpaired) electrons. The van der Waals surface area contributed by atoms with Gasteiger partial charge in [-0.2, -0.15) is 0 Å². The molecule has 4 atom stereocenters. The van der Waals surface area contributed by atoms with Gasteiger partial charge in [0.15, 0.2) is 0 Å².